The highest BCUT2D eigenvalue weighted by Crippen LogP contribution is 2.39. The van der Waals surface area contributed by atoms with E-state index in [2.05, 4.69) is 126 Å². The average Bonchev–Trinajstić information content (AvgIpc) is 3.64. The smallest absolute Gasteiger partial charge is 0.160 e. The number of nitrogens with zero attached hydrogens (tertiary/aromatic N) is 3. The maximum absolute atomic E-state index is 5.20. The lowest BCUT2D eigenvalue weighted by Crippen LogP contribution is -2.00. The van der Waals surface area contributed by atoms with Crippen LogP contribution in [0.3, 0.4) is 0 Å². The minimum atomic E-state index is 0.717. The fourth-order valence-corrected chi connectivity index (χ4v) is 7.72. The molecule has 4 aromatic carbocycles. The predicted molar refractivity (Wildman–Crippen MR) is 193 cm³/mol. The molecule has 1 aliphatic carbocycles. The minimum absolute atomic E-state index is 0.717. The number of para-hydroxylation sites is 1. The summed E-state index contributed by atoms with van der Waals surface area (Å²) in [7, 11) is 0. The molecule has 0 spiro atoms. The van der Waals surface area contributed by atoms with Crippen LogP contribution in [0.5, 0.6) is 0 Å². The normalized spacial score (nSPS) is 13.3. The first-order valence-corrected chi connectivity index (χ1v) is 16.2. The lowest BCUT2D eigenvalue weighted by molar-refractivity contribution is 0.968. The zero-order valence-electron chi connectivity index (χ0n) is 25.1. The molecular weight excluding hydrogens is 567 g/mol. The summed E-state index contributed by atoms with van der Waals surface area (Å²) >= 11 is 1.74. The van der Waals surface area contributed by atoms with Crippen LogP contribution in [0.1, 0.15) is 30.3 Å². The molecular formula is C41H31N3S. The zero-order chi connectivity index (χ0) is 30.3. The Morgan fingerprint density at radius 2 is 1.62 bits per heavy atom. The Bertz CT molecular complexity index is 2360. The standard InChI is InChI=1S/C41H31N3S/c1-3-13-27(14-4-2)38-40-39(34-21-7-10-24-37(34)45-40)43-41(42-38)30-17-11-15-28(25-30)29-16-12-18-31(26-29)44-35-22-8-5-19-32(35)33-20-6-9-23-36(33)44/h3-5,7-19,21-26H,1,6,20H2,2H3/b14-4-,27-13+. The van der Waals surface area contributed by atoms with Gasteiger partial charge in [0.05, 0.1) is 21.4 Å². The second-order valence-electron chi connectivity index (χ2n) is 11.3. The van der Waals surface area contributed by atoms with Crippen molar-refractivity contribution in [3.8, 4) is 28.2 Å². The molecule has 0 radical (unpaired) electrons. The van der Waals surface area contributed by atoms with Crippen LogP contribution >= 0.6 is 11.3 Å². The maximum Gasteiger partial charge on any atom is 0.160 e. The number of hydrogen-bond acceptors (Lipinski definition) is 3. The Morgan fingerprint density at radius 1 is 0.844 bits per heavy atom. The van der Waals surface area contributed by atoms with Gasteiger partial charge in [0.1, 0.15) is 0 Å². The minimum Gasteiger partial charge on any atom is -0.310 e. The first kappa shape index (κ1) is 27.2. The number of allylic oxidation sites excluding steroid dienone is 6. The maximum atomic E-state index is 5.20. The SMILES string of the molecule is C=C/C=C(\C=C/C)c1nc(-c2cccc(-c3cccc(-n4c5c(c6ccccc64)CCC=C5)c3)c2)nc2c1sc1ccccc12. The van der Waals surface area contributed by atoms with Gasteiger partial charge in [0.15, 0.2) is 5.82 Å². The summed E-state index contributed by atoms with van der Waals surface area (Å²) in [6, 6.07) is 34.7. The van der Waals surface area contributed by atoms with E-state index < -0.39 is 0 Å². The summed E-state index contributed by atoms with van der Waals surface area (Å²) in [6.07, 6.45) is 14.7. The largest absolute Gasteiger partial charge is 0.310 e. The van der Waals surface area contributed by atoms with E-state index in [-0.39, 0.29) is 0 Å². The molecule has 3 nitrogen and oxygen atoms in total. The number of fused-ring (bicyclic) bond motifs is 6. The summed E-state index contributed by atoms with van der Waals surface area (Å²) in [5.74, 6) is 0.717. The summed E-state index contributed by atoms with van der Waals surface area (Å²) < 4.78 is 4.71. The Labute approximate surface area is 266 Å². The van der Waals surface area contributed by atoms with Crippen molar-refractivity contribution in [1.82, 2.24) is 14.5 Å². The van der Waals surface area contributed by atoms with Gasteiger partial charge in [-0.25, -0.2) is 9.97 Å². The van der Waals surface area contributed by atoms with Gasteiger partial charge in [-0.2, -0.15) is 0 Å². The summed E-state index contributed by atoms with van der Waals surface area (Å²) in [5, 5.41) is 2.50. The van der Waals surface area contributed by atoms with Crippen molar-refractivity contribution < 1.29 is 0 Å². The van der Waals surface area contributed by atoms with Gasteiger partial charge in [-0.05, 0) is 72.9 Å². The molecule has 0 amide bonds. The molecule has 0 saturated heterocycles. The van der Waals surface area contributed by atoms with Crippen LogP contribution in [0, 0.1) is 0 Å². The van der Waals surface area contributed by atoms with Crippen LogP contribution < -0.4 is 0 Å². The van der Waals surface area contributed by atoms with Crippen molar-refractivity contribution in [3.05, 3.63) is 151 Å². The molecule has 45 heavy (non-hydrogen) atoms. The van der Waals surface area contributed by atoms with E-state index in [4.69, 9.17) is 9.97 Å². The van der Waals surface area contributed by atoms with Gasteiger partial charge in [0.25, 0.3) is 0 Å². The quantitative estimate of drug-likeness (QED) is 0.179. The number of aromatic nitrogens is 3. The number of aryl methyl sites for hydroxylation is 1. The molecule has 0 bridgehead atoms. The van der Waals surface area contributed by atoms with E-state index in [1.807, 2.05) is 25.2 Å². The van der Waals surface area contributed by atoms with Crippen LogP contribution in [0.2, 0.25) is 0 Å². The average molecular weight is 598 g/mol. The third-order valence-electron chi connectivity index (χ3n) is 8.55. The van der Waals surface area contributed by atoms with Gasteiger partial charge in [-0.1, -0.05) is 104 Å². The topological polar surface area (TPSA) is 30.7 Å². The van der Waals surface area contributed by atoms with Crippen LogP contribution in [0.25, 0.3) is 71.1 Å². The molecule has 0 saturated carbocycles. The number of thiophene rings is 1. The van der Waals surface area contributed by atoms with Crippen LogP contribution in [0.15, 0.2) is 134 Å². The Balaban J connectivity index is 1.28. The highest BCUT2D eigenvalue weighted by molar-refractivity contribution is 7.26. The fraction of sp³-hybridized carbons (Fsp3) is 0.0732. The van der Waals surface area contributed by atoms with E-state index in [0.29, 0.717) is 5.82 Å². The van der Waals surface area contributed by atoms with Gasteiger partial charge in [-0.15, -0.1) is 11.3 Å². The molecule has 3 heterocycles. The van der Waals surface area contributed by atoms with Crippen molar-refractivity contribution in [2.45, 2.75) is 19.8 Å². The molecule has 0 fully saturated rings. The molecule has 0 N–H and O–H groups in total. The van der Waals surface area contributed by atoms with Crippen molar-refractivity contribution in [3.63, 3.8) is 0 Å². The van der Waals surface area contributed by atoms with Crippen LogP contribution in [-0.4, -0.2) is 14.5 Å². The van der Waals surface area contributed by atoms with Crippen molar-refractivity contribution in [2.24, 2.45) is 0 Å². The third kappa shape index (κ3) is 4.66. The Morgan fingerprint density at radius 3 is 2.49 bits per heavy atom. The van der Waals surface area contributed by atoms with Crippen LogP contribution in [0.4, 0.5) is 0 Å². The van der Waals surface area contributed by atoms with Crippen molar-refractivity contribution in [1.29, 1.82) is 0 Å². The van der Waals surface area contributed by atoms with Gasteiger partial charge in [0.2, 0.25) is 0 Å². The van der Waals surface area contributed by atoms with Crippen molar-refractivity contribution in [2.75, 3.05) is 0 Å². The van der Waals surface area contributed by atoms with E-state index in [0.717, 1.165) is 62.1 Å². The van der Waals surface area contributed by atoms with Gasteiger partial charge in [-0.3, -0.25) is 0 Å². The summed E-state index contributed by atoms with van der Waals surface area (Å²) in [6.45, 7) is 6.00. The molecule has 4 heteroatoms. The second-order valence-corrected chi connectivity index (χ2v) is 12.4. The monoisotopic (exact) mass is 597 g/mol. The number of hydrogen-bond donors (Lipinski definition) is 0. The molecule has 7 aromatic rings. The molecule has 1 aliphatic rings. The lowest BCUT2D eigenvalue weighted by Gasteiger charge is -2.14. The van der Waals surface area contributed by atoms with Crippen LogP contribution in [-0.2, 0) is 6.42 Å². The van der Waals surface area contributed by atoms with E-state index in [9.17, 15) is 0 Å². The molecule has 0 atom stereocenters. The summed E-state index contributed by atoms with van der Waals surface area (Å²) in [4.78, 5) is 10.4. The lowest BCUT2D eigenvalue weighted by atomic mass is 10.0. The molecule has 8 rings (SSSR count). The first-order chi connectivity index (χ1) is 22.2. The van der Waals surface area contributed by atoms with Gasteiger partial charge < -0.3 is 4.57 Å². The predicted octanol–water partition coefficient (Wildman–Crippen LogP) is 11.2. The number of rotatable bonds is 6. The summed E-state index contributed by atoms with van der Waals surface area (Å²) in [5.41, 5.74) is 11.4. The molecule has 3 aromatic heterocycles. The molecule has 0 unspecified atom stereocenters. The molecule has 216 valence electrons. The number of benzene rings is 4. The zero-order valence-corrected chi connectivity index (χ0v) is 25.9. The Hall–Kier alpha value is -5.32. The van der Waals surface area contributed by atoms with Crippen molar-refractivity contribution >= 4 is 54.2 Å². The molecule has 0 aliphatic heterocycles. The van der Waals surface area contributed by atoms with Gasteiger partial charge in [0, 0.05) is 38.0 Å². The third-order valence-corrected chi connectivity index (χ3v) is 9.72. The fourth-order valence-electron chi connectivity index (χ4n) is 6.56. The highest BCUT2D eigenvalue weighted by atomic mass is 32.1. The second kappa shape index (κ2) is 11.3. The van der Waals surface area contributed by atoms with E-state index in [1.165, 1.54) is 26.9 Å². The van der Waals surface area contributed by atoms with Gasteiger partial charge >= 0.3 is 0 Å². The first-order valence-electron chi connectivity index (χ1n) is 15.4. The Kier molecular flexibility index (Phi) is 6.85. The van der Waals surface area contributed by atoms with E-state index in [1.54, 1.807) is 11.3 Å². The highest BCUT2D eigenvalue weighted by Gasteiger charge is 2.19. The van der Waals surface area contributed by atoms with E-state index >= 15 is 0 Å².